The number of carbonyl (C=O) groups excluding carboxylic acids is 1. The SMILES string of the molecule is CC(C)(C)NC(=S)C(C#N)C(=O)Nc1ccccc1. The minimum atomic E-state index is -0.991. The fourth-order valence-corrected chi connectivity index (χ4v) is 1.88. The van der Waals surface area contributed by atoms with Gasteiger partial charge in [0, 0.05) is 11.2 Å². The molecule has 1 rings (SSSR count). The van der Waals surface area contributed by atoms with Gasteiger partial charge in [0.25, 0.3) is 0 Å². The monoisotopic (exact) mass is 275 g/mol. The third-order valence-electron chi connectivity index (χ3n) is 2.19. The van der Waals surface area contributed by atoms with Gasteiger partial charge in [-0.15, -0.1) is 0 Å². The van der Waals surface area contributed by atoms with E-state index in [1.807, 2.05) is 45.0 Å². The summed E-state index contributed by atoms with van der Waals surface area (Å²) in [6, 6.07) is 10.9. The number of nitrogens with one attached hydrogen (secondary N) is 2. The Kier molecular flexibility index (Phi) is 5.02. The van der Waals surface area contributed by atoms with Crippen LogP contribution in [0.4, 0.5) is 5.69 Å². The van der Waals surface area contributed by atoms with E-state index in [1.165, 1.54) is 0 Å². The molecule has 19 heavy (non-hydrogen) atoms. The van der Waals surface area contributed by atoms with E-state index >= 15 is 0 Å². The van der Waals surface area contributed by atoms with Crippen molar-refractivity contribution in [2.75, 3.05) is 5.32 Å². The van der Waals surface area contributed by atoms with E-state index in [4.69, 9.17) is 17.5 Å². The first-order valence-corrected chi connectivity index (χ1v) is 6.32. The highest BCUT2D eigenvalue weighted by Gasteiger charge is 2.25. The number of thiocarbonyl (C=S) groups is 1. The first-order chi connectivity index (χ1) is 8.83. The molecule has 1 aromatic carbocycles. The Balaban J connectivity index is 2.73. The van der Waals surface area contributed by atoms with Crippen LogP contribution in [0.2, 0.25) is 0 Å². The van der Waals surface area contributed by atoms with Gasteiger partial charge in [-0.2, -0.15) is 5.26 Å². The van der Waals surface area contributed by atoms with Gasteiger partial charge >= 0.3 is 0 Å². The number of nitriles is 1. The second-order valence-corrected chi connectivity index (χ2v) is 5.60. The summed E-state index contributed by atoms with van der Waals surface area (Å²) in [6.07, 6.45) is 0. The second kappa shape index (κ2) is 6.30. The van der Waals surface area contributed by atoms with E-state index in [1.54, 1.807) is 12.1 Å². The maximum Gasteiger partial charge on any atom is 0.248 e. The molecule has 1 unspecified atom stereocenters. The van der Waals surface area contributed by atoms with Crippen molar-refractivity contribution in [1.82, 2.24) is 5.32 Å². The van der Waals surface area contributed by atoms with E-state index < -0.39 is 11.8 Å². The van der Waals surface area contributed by atoms with E-state index in [0.717, 1.165) is 0 Å². The summed E-state index contributed by atoms with van der Waals surface area (Å²) >= 11 is 5.12. The Morgan fingerprint density at radius 3 is 2.37 bits per heavy atom. The average Bonchev–Trinajstić information content (AvgIpc) is 2.28. The lowest BCUT2D eigenvalue weighted by Gasteiger charge is -2.24. The third kappa shape index (κ3) is 5.06. The summed E-state index contributed by atoms with van der Waals surface area (Å²) < 4.78 is 0. The first-order valence-electron chi connectivity index (χ1n) is 5.91. The van der Waals surface area contributed by atoms with Gasteiger partial charge in [-0.1, -0.05) is 30.4 Å². The van der Waals surface area contributed by atoms with Crippen molar-refractivity contribution in [3.05, 3.63) is 30.3 Å². The molecule has 1 aromatic rings. The third-order valence-corrected chi connectivity index (χ3v) is 2.53. The van der Waals surface area contributed by atoms with E-state index in [2.05, 4.69) is 10.6 Å². The van der Waals surface area contributed by atoms with Crippen molar-refractivity contribution >= 4 is 28.8 Å². The van der Waals surface area contributed by atoms with Crippen LogP contribution in [-0.2, 0) is 4.79 Å². The van der Waals surface area contributed by atoms with Crippen molar-refractivity contribution in [2.24, 2.45) is 5.92 Å². The molecule has 0 aliphatic carbocycles. The zero-order chi connectivity index (χ0) is 14.5. The van der Waals surface area contributed by atoms with Crippen molar-refractivity contribution in [2.45, 2.75) is 26.3 Å². The molecule has 1 atom stereocenters. The summed E-state index contributed by atoms with van der Waals surface area (Å²) in [5.41, 5.74) is 0.366. The van der Waals surface area contributed by atoms with Crippen LogP contribution in [0.5, 0.6) is 0 Å². The zero-order valence-electron chi connectivity index (χ0n) is 11.2. The molecule has 0 aliphatic heterocycles. The van der Waals surface area contributed by atoms with Gasteiger partial charge in [-0.25, -0.2) is 0 Å². The predicted octanol–water partition coefficient (Wildman–Crippen LogP) is 2.48. The smallest absolute Gasteiger partial charge is 0.248 e. The molecule has 0 aliphatic rings. The number of amides is 1. The van der Waals surface area contributed by atoms with Crippen LogP contribution >= 0.6 is 12.2 Å². The summed E-state index contributed by atoms with van der Waals surface area (Å²) in [7, 11) is 0. The number of para-hydroxylation sites is 1. The Bertz CT molecular complexity index is 500. The maximum absolute atomic E-state index is 12.0. The minimum absolute atomic E-state index is 0.239. The molecule has 0 spiro atoms. The van der Waals surface area contributed by atoms with Crippen LogP contribution in [0.15, 0.2) is 30.3 Å². The van der Waals surface area contributed by atoms with Gasteiger partial charge in [0.05, 0.1) is 6.07 Å². The molecule has 0 heterocycles. The standard InChI is InChI=1S/C14H17N3OS/c1-14(2,3)17-13(19)11(9-15)12(18)16-10-7-5-4-6-8-10/h4-8,11H,1-3H3,(H,16,18)(H,17,19). The van der Waals surface area contributed by atoms with Crippen molar-refractivity contribution in [3.8, 4) is 6.07 Å². The average molecular weight is 275 g/mol. The Morgan fingerprint density at radius 1 is 1.32 bits per heavy atom. The van der Waals surface area contributed by atoms with Gasteiger partial charge < -0.3 is 10.6 Å². The maximum atomic E-state index is 12.0. The molecular weight excluding hydrogens is 258 g/mol. The topological polar surface area (TPSA) is 64.9 Å². The summed E-state index contributed by atoms with van der Waals surface area (Å²) in [5.74, 6) is -1.41. The fraction of sp³-hybridized carbons (Fsp3) is 0.357. The van der Waals surface area contributed by atoms with Gasteiger partial charge in [-0.05, 0) is 32.9 Å². The number of anilines is 1. The van der Waals surface area contributed by atoms with Gasteiger partial charge in [0.1, 0.15) is 4.99 Å². The van der Waals surface area contributed by atoms with Gasteiger partial charge in [0.15, 0.2) is 5.92 Å². The predicted molar refractivity (Wildman–Crippen MR) is 79.7 cm³/mol. The molecule has 0 saturated carbocycles. The highest BCUT2D eigenvalue weighted by atomic mass is 32.1. The van der Waals surface area contributed by atoms with Crippen molar-refractivity contribution in [3.63, 3.8) is 0 Å². The van der Waals surface area contributed by atoms with E-state index in [9.17, 15) is 4.79 Å². The zero-order valence-corrected chi connectivity index (χ0v) is 12.0. The largest absolute Gasteiger partial charge is 0.374 e. The second-order valence-electron chi connectivity index (χ2n) is 5.16. The molecule has 4 nitrogen and oxygen atoms in total. The van der Waals surface area contributed by atoms with E-state index in [-0.39, 0.29) is 10.5 Å². The number of nitrogens with zero attached hydrogens (tertiary/aromatic N) is 1. The van der Waals surface area contributed by atoms with E-state index in [0.29, 0.717) is 5.69 Å². The number of hydrogen-bond donors (Lipinski definition) is 2. The highest BCUT2D eigenvalue weighted by molar-refractivity contribution is 7.80. The minimum Gasteiger partial charge on any atom is -0.374 e. The lowest BCUT2D eigenvalue weighted by molar-refractivity contribution is -0.116. The lowest BCUT2D eigenvalue weighted by Crippen LogP contribution is -2.45. The summed E-state index contributed by atoms with van der Waals surface area (Å²) in [5, 5.41) is 14.8. The van der Waals surface area contributed by atoms with Crippen LogP contribution in [0.25, 0.3) is 0 Å². The van der Waals surface area contributed by atoms with Crippen molar-refractivity contribution < 1.29 is 4.79 Å². The highest BCUT2D eigenvalue weighted by Crippen LogP contribution is 2.10. The Morgan fingerprint density at radius 2 is 1.89 bits per heavy atom. The van der Waals surface area contributed by atoms with Crippen LogP contribution in [-0.4, -0.2) is 16.4 Å². The summed E-state index contributed by atoms with van der Waals surface area (Å²) in [4.78, 5) is 12.2. The lowest BCUT2D eigenvalue weighted by atomic mass is 10.1. The molecule has 1 amide bonds. The molecule has 2 N–H and O–H groups in total. The number of rotatable bonds is 3. The molecule has 0 saturated heterocycles. The Hall–Kier alpha value is -1.93. The van der Waals surface area contributed by atoms with Gasteiger partial charge in [0.2, 0.25) is 5.91 Å². The first kappa shape index (κ1) is 15.1. The molecule has 100 valence electrons. The molecular formula is C14H17N3OS. The molecule has 0 bridgehead atoms. The van der Waals surface area contributed by atoms with Gasteiger partial charge in [-0.3, -0.25) is 4.79 Å². The van der Waals surface area contributed by atoms with Crippen LogP contribution in [0.3, 0.4) is 0 Å². The molecule has 0 radical (unpaired) electrons. The number of benzene rings is 1. The molecule has 5 heteroatoms. The van der Waals surface area contributed by atoms with Crippen LogP contribution in [0, 0.1) is 17.2 Å². The quantitative estimate of drug-likeness (QED) is 0.832. The molecule has 0 fully saturated rings. The Labute approximate surface area is 118 Å². The molecule has 0 aromatic heterocycles. The summed E-state index contributed by atoms with van der Waals surface area (Å²) in [6.45, 7) is 5.76. The number of hydrogen-bond acceptors (Lipinski definition) is 3. The normalized spacial score (nSPS) is 12.1. The van der Waals surface area contributed by atoms with Crippen LogP contribution in [0.1, 0.15) is 20.8 Å². The van der Waals surface area contributed by atoms with Crippen LogP contribution < -0.4 is 10.6 Å². The van der Waals surface area contributed by atoms with Crippen molar-refractivity contribution in [1.29, 1.82) is 5.26 Å². The number of carbonyl (C=O) groups is 1. The fourth-order valence-electron chi connectivity index (χ4n) is 1.41.